The van der Waals surface area contributed by atoms with E-state index < -0.39 is 0 Å². The number of rotatable bonds is 3. The molecule has 0 aromatic heterocycles. The molecule has 1 N–H and O–H groups in total. The van der Waals surface area contributed by atoms with E-state index in [4.69, 9.17) is 23.2 Å². The highest BCUT2D eigenvalue weighted by atomic mass is 35.5. The third-order valence-corrected chi connectivity index (χ3v) is 5.28. The van der Waals surface area contributed by atoms with Gasteiger partial charge in [0.1, 0.15) is 0 Å². The second kappa shape index (κ2) is 7.12. The molecule has 4 nitrogen and oxygen atoms in total. The van der Waals surface area contributed by atoms with Crippen LogP contribution in [0, 0.1) is 6.92 Å². The van der Waals surface area contributed by atoms with E-state index in [0.717, 1.165) is 22.9 Å². The Morgan fingerprint density at radius 1 is 1.16 bits per heavy atom. The fourth-order valence-corrected chi connectivity index (χ4v) is 3.76. The van der Waals surface area contributed by atoms with Crippen LogP contribution in [-0.2, 0) is 11.3 Å². The largest absolute Gasteiger partial charge is 0.505 e. The monoisotopic (exact) mass is 393 g/mol. The lowest BCUT2D eigenvalue weighted by molar-refractivity contribution is -0.123. The first-order valence-electron chi connectivity index (χ1n) is 7.34. The van der Waals surface area contributed by atoms with Gasteiger partial charge >= 0.3 is 0 Å². The number of amides is 2. The van der Waals surface area contributed by atoms with E-state index in [-0.39, 0.29) is 38.4 Å². The predicted octanol–water partition coefficient (Wildman–Crippen LogP) is 5.24. The fraction of sp³-hybridized carbons (Fsp3) is 0.111. The first-order valence-corrected chi connectivity index (χ1v) is 8.92. The van der Waals surface area contributed by atoms with Gasteiger partial charge in [-0.3, -0.25) is 14.5 Å². The molecule has 2 aromatic carbocycles. The zero-order valence-corrected chi connectivity index (χ0v) is 15.5. The minimum absolute atomic E-state index is 0.0814. The molecule has 3 rings (SSSR count). The summed E-state index contributed by atoms with van der Waals surface area (Å²) in [7, 11) is 0. The smallest absolute Gasteiger partial charge is 0.293 e. The van der Waals surface area contributed by atoms with Gasteiger partial charge in [-0.05, 0) is 53.6 Å². The Hall–Kier alpha value is -1.95. The molecule has 0 radical (unpaired) electrons. The molecule has 128 valence electrons. The molecule has 2 amide bonds. The van der Waals surface area contributed by atoms with Crippen molar-refractivity contribution in [3.8, 4) is 5.75 Å². The summed E-state index contributed by atoms with van der Waals surface area (Å²) < 4.78 is 0. The minimum atomic E-state index is -0.362. The molecule has 2 aromatic rings. The third-order valence-electron chi connectivity index (χ3n) is 3.80. The number of carbonyl (C=O) groups excluding carboxylic acids is 2. The summed E-state index contributed by atoms with van der Waals surface area (Å²) >= 11 is 12.6. The normalized spacial score (nSPS) is 16.1. The number of nitrogens with zero attached hydrogens (tertiary/aromatic N) is 1. The van der Waals surface area contributed by atoms with Crippen LogP contribution >= 0.6 is 35.0 Å². The van der Waals surface area contributed by atoms with Gasteiger partial charge in [-0.25, -0.2) is 0 Å². The van der Waals surface area contributed by atoms with Gasteiger partial charge in [-0.15, -0.1) is 0 Å². The maximum atomic E-state index is 12.6. The molecule has 1 fully saturated rings. The Bertz CT molecular complexity index is 888. The fourth-order valence-electron chi connectivity index (χ4n) is 2.41. The molecule has 0 spiro atoms. The van der Waals surface area contributed by atoms with Crippen molar-refractivity contribution in [3.05, 3.63) is 68.0 Å². The van der Waals surface area contributed by atoms with Crippen LogP contribution < -0.4 is 0 Å². The molecule has 7 heteroatoms. The van der Waals surface area contributed by atoms with Crippen molar-refractivity contribution >= 4 is 52.2 Å². The van der Waals surface area contributed by atoms with Gasteiger partial charge in [0.25, 0.3) is 11.1 Å². The van der Waals surface area contributed by atoms with Crippen molar-refractivity contribution < 1.29 is 14.7 Å². The molecule has 0 unspecified atom stereocenters. The summed E-state index contributed by atoms with van der Waals surface area (Å²) in [5, 5.41) is 9.44. The second-order valence-electron chi connectivity index (χ2n) is 5.53. The lowest BCUT2D eigenvalue weighted by Gasteiger charge is -2.14. The summed E-state index contributed by atoms with van der Waals surface area (Å²) in [6.45, 7) is 2.16. The van der Waals surface area contributed by atoms with E-state index in [2.05, 4.69) is 0 Å². The molecular weight excluding hydrogens is 381 g/mol. The number of thioether (sulfide) groups is 1. The Labute approximate surface area is 159 Å². The Morgan fingerprint density at radius 3 is 2.44 bits per heavy atom. The van der Waals surface area contributed by atoms with Gasteiger partial charge in [0.2, 0.25) is 0 Å². The van der Waals surface area contributed by atoms with Crippen molar-refractivity contribution in [3.63, 3.8) is 0 Å². The van der Waals surface area contributed by atoms with Crippen molar-refractivity contribution in [2.45, 2.75) is 13.5 Å². The second-order valence-corrected chi connectivity index (χ2v) is 7.34. The van der Waals surface area contributed by atoms with Crippen LogP contribution in [0.5, 0.6) is 5.75 Å². The van der Waals surface area contributed by atoms with Gasteiger partial charge in [0.05, 0.1) is 21.5 Å². The molecule has 1 heterocycles. The van der Waals surface area contributed by atoms with Gasteiger partial charge in [-0.1, -0.05) is 47.5 Å². The van der Waals surface area contributed by atoms with E-state index >= 15 is 0 Å². The van der Waals surface area contributed by atoms with Crippen molar-refractivity contribution in [1.29, 1.82) is 0 Å². The first kappa shape index (κ1) is 17.9. The quantitative estimate of drug-likeness (QED) is 0.723. The number of phenols is 1. The zero-order chi connectivity index (χ0) is 18.1. The average Bonchev–Trinajstić information content (AvgIpc) is 2.82. The molecule has 0 atom stereocenters. The summed E-state index contributed by atoms with van der Waals surface area (Å²) in [4.78, 5) is 26.3. The zero-order valence-electron chi connectivity index (χ0n) is 13.1. The van der Waals surface area contributed by atoms with Crippen molar-refractivity contribution in [1.82, 2.24) is 4.90 Å². The standard InChI is InChI=1S/C18H13Cl2NO3S/c1-10-4-2-3-5-12(10)9-21-17(23)15(25-18(21)24)8-11-6-13(19)16(22)14(20)7-11/h2-8,22H,9H2,1H3/b15-8-. The lowest BCUT2D eigenvalue weighted by atomic mass is 10.1. The van der Waals surface area contributed by atoms with E-state index in [0.29, 0.717) is 5.56 Å². The number of phenolic OH excluding ortho intramolecular Hbond substituents is 1. The molecule has 0 aliphatic carbocycles. The topological polar surface area (TPSA) is 57.6 Å². The van der Waals surface area contributed by atoms with E-state index in [1.54, 1.807) is 6.08 Å². The van der Waals surface area contributed by atoms with Gasteiger partial charge in [0, 0.05) is 0 Å². The third kappa shape index (κ3) is 3.68. The van der Waals surface area contributed by atoms with E-state index in [9.17, 15) is 14.7 Å². The maximum Gasteiger partial charge on any atom is 0.293 e. The number of carbonyl (C=O) groups is 2. The summed E-state index contributed by atoms with van der Waals surface area (Å²) in [6, 6.07) is 10.6. The van der Waals surface area contributed by atoms with Gasteiger partial charge in [0.15, 0.2) is 5.75 Å². The van der Waals surface area contributed by atoms with Crippen LogP contribution in [-0.4, -0.2) is 21.2 Å². The molecule has 25 heavy (non-hydrogen) atoms. The summed E-state index contributed by atoms with van der Waals surface area (Å²) in [5.41, 5.74) is 2.47. The molecule has 1 saturated heterocycles. The molecule has 0 saturated carbocycles. The van der Waals surface area contributed by atoms with Crippen LogP contribution in [0.25, 0.3) is 6.08 Å². The van der Waals surface area contributed by atoms with Crippen LogP contribution in [0.3, 0.4) is 0 Å². The van der Waals surface area contributed by atoms with Crippen LogP contribution in [0.1, 0.15) is 16.7 Å². The number of aryl methyl sites for hydroxylation is 1. The number of hydrogen-bond acceptors (Lipinski definition) is 4. The van der Waals surface area contributed by atoms with Gasteiger partial charge in [-0.2, -0.15) is 0 Å². The van der Waals surface area contributed by atoms with Crippen molar-refractivity contribution in [2.24, 2.45) is 0 Å². The minimum Gasteiger partial charge on any atom is -0.505 e. The van der Waals surface area contributed by atoms with Crippen LogP contribution in [0.15, 0.2) is 41.3 Å². The highest BCUT2D eigenvalue weighted by molar-refractivity contribution is 8.18. The average molecular weight is 394 g/mol. The lowest BCUT2D eigenvalue weighted by Crippen LogP contribution is -2.27. The SMILES string of the molecule is Cc1ccccc1CN1C(=O)S/C(=C\c2cc(Cl)c(O)c(Cl)c2)C1=O. The number of aromatic hydroxyl groups is 1. The Morgan fingerprint density at radius 2 is 1.80 bits per heavy atom. The first-order chi connectivity index (χ1) is 11.9. The summed E-state index contributed by atoms with van der Waals surface area (Å²) in [5.74, 6) is -0.577. The molecule has 1 aliphatic rings. The van der Waals surface area contributed by atoms with Crippen molar-refractivity contribution in [2.75, 3.05) is 0 Å². The summed E-state index contributed by atoms with van der Waals surface area (Å²) in [6.07, 6.45) is 1.54. The Kier molecular flexibility index (Phi) is 5.08. The van der Waals surface area contributed by atoms with Crippen LogP contribution in [0.2, 0.25) is 10.0 Å². The van der Waals surface area contributed by atoms with E-state index in [1.165, 1.54) is 17.0 Å². The molecular formula is C18H13Cl2NO3S. The Balaban J connectivity index is 1.87. The molecule has 0 bridgehead atoms. The number of hydrogen-bond donors (Lipinski definition) is 1. The van der Waals surface area contributed by atoms with E-state index in [1.807, 2.05) is 31.2 Å². The highest BCUT2D eigenvalue weighted by Crippen LogP contribution is 2.37. The molecule has 1 aliphatic heterocycles. The number of imide groups is 1. The van der Waals surface area contributed by atoms with Gasteiger partial charge < -0.3 is 5.11 Å². The highest BCUT2D eigenvalue weighted by Gasteiger charge is 2.35. The number of benzene rings is 2. The maximum absolute atomic E-state index is 12.6. The van der Waals surface area contributed by atoms with Crippen LogP contribution in [0.4, 0.5) is 4.79 Å². The predicted molar refractivity (Wildman–Crippen MR) is 101 cm³/mol. The number of halogens is 2.